The van der Waals surface area contributed by atoms with Crippen LogP contribution in [0.2, 0.25) is 0 Å². The fourth-order valence-corrected chi connectivity index (χ4v) is 7.02. The van der Waals surface area contributed by atoms with Crippen molar-refractivity contribution in [3.63, 3.8) is 0 Å². The van der Waals surface area contributed by atoms with Crippen LogP contribution in [-0.2, 0) is 16.0 Å². The van der Waals surface area contributed by atoms with E-state index in [1.165, 1.54) is 30.4 Å². The van der Waals surface area contributed by atoms with Gasteiger partial charge in [-0.1, -0.05) is 18.1 Å². The monoisotopic (exact) mass is 439 g/mol. The van der Waals surface area contributed by atoms with Crippen LogP contribution in [-0.4, -0.2) is 44.3 Å². The highest BCUT2D eigenvalue weighted by Gasteiger charge is 2.53. The molecule has 5 rings (SSSR count). The number of rotatable bonds is 4. The van der Waals surface area contributed by atoms with E-state index >= 15 is 0 Å². The molecule has 0 aromatic heterocycles. The van der Waals surface area contributed by atoms with Crippen LogP contribution in [0.25, 0.3) is 0 Å². The van der Waals surface area contributed by atoms with Crippen molar-refractivity contribution in [1.82, 2.24) is 4.90 Å². The minimum atomic E-state index is -0.0316. The smallest absolute Gasteiger partial charge is 0.310 e. The second-order valence-electron chi connectivity index (χ2n) is 10.7. The zero-order valence-electron chi connectivity index (χ0n) is 20.2. The van der Waals surface area contributed by atoms with Crippen molar-refractivity contribution < 1.29 is 19.0 Å². The van der Waals surface area contributed by atoms with Crippen LogP contribution >= 0.6 is 0 Å². The molecular formula is C27H37NO4. The fraction of sp³-hybridized carbons (Fsp3) is 0.667. The second-order valence-corrected chi connectivity index (χ2v) is 10.7. The van der Waals surface area contributed by atoms with Crippen LogP contribution < -0.4 is 9.47 Å². The van der Waals surface area contributed by atoms with Gasteiger partial charge in [-0.3, -0.25) is 9.69 Å². The number of benzene rings is 1. The maximum atomic E-state index is 13.0. The van der Waals surface area contributed by atoms with Crippen molar-refractivity contribution in [2.24, 2.45) is 17.3 Å². The molecule has 1 aromatic carbocycles. The lowest BCUT2D eigenvalue weighted by atomic mass is 9.59. The highest BCUT2D eigenvalue weighted by molar-refractivity contribution is 5.76. The van der Waals surface area contributed by atoms with Gasteiger partial charge in [-0.25, -0.2) is 0 Å². The molecule has 0 N–H and O–H groups in total. The van der Waals surface area contributed by atoms with Gasteiger partial charge >= 0.3 is 5.97 Å². The van der Waals surface area contributed by atoms with Gasteiger partial charge in [0.1, 0.15) is 6.10 Å². The third-order valence-electron chi connectivity index (χ3n) is 8.92. The summed E-state index contributed by atoms with van der Waals surface area (Å²) in [5.41, 5.74) is 6.01. The maximum Gasteiger partial charge on any atom is 0.310 e. The minimum absolute atomic E-state index is 0.0193. The summed E-state index contributed by atoms with van der Waals surface area (Å²) < 4.78 is 17.1. The van der Waals surface area contributed by atoms with Gasteiger partial charge in [-0.2, -0.15) is 0 Å². The Hall–Kier alpha value is -2.01. The summed E-state index contributed by atoms with van der Waals surface area (Å²) in [6.45, 7) is 8.67. The van der Waals surface area contributed by atoms with Crippen LogP contribution in [0.4, 0.5) is 0 Å². The molecule has 5 nitrogen and oxygen atoms in total. The Morgan fingerprint density at radius 2 is 1.94 bits per heavy atom. The summed E-state index contributed by atoms with van der Waals surface area (Å²) in [5, 5.41) is 0. The summed E-state index contributed by atoms with van der Waals surface area (Å²) in [4.78, 5) is 15.5. The summed E-state index contributed by atoms with van der Waals surface area (Å²) in [7, 11) is 3.37. The van der Waals surface area contributed by atoms with Crippen molar-refractivity contribution >= 4 is 5.97 Å². The van der Waals surface area contributed by atoms with Gasteiger partial charge in [0.2, 0.25) is 0 Å². The first kappa shape index (κ1) is 21.8. The first-order valence-corrected chi connectivity index (χ1v) is 12.2. The molecule has 2 aliphatic carbocycles. The van der Waals surface area contributed by atoms with Gasteiger partial charge < -0.3 is 14.2 Å². The largest absolute Gasteiger partial charge is 0.493 e. The third kappa shape index (κ3) is 3.44. The number of nitrogens with zero attached hydrogens (tertiary/aromatic N) is 1. The molecule has 0 radical (unpaired) electrons. The molecule has 5 heteroatoms. The molecule has 1 saturated heterocycles. The van der Waals surface area contributed by atoms with Gasteiger partial charge in [0, 0.05) is 25.0 Å². The summed E-state index contributed by atoms with van der Waals surface area (Å²) >= 11 is 0. The quantitative estimate of drug-likeness (QED) is 0.484. The van der Waals surface area contributed by atoms with Crippen molar-refractivity contribution in [2.45, 2.75) is 71.4 Å². The lowest BCUT2D eigenvalue weighted by molar-refractivity contribution is -0.145. The molecule has 4 aliphatic rings. The topological polar surface area (TPSA) is 48.0 Å². The molecule has 0 bridgehead atoms. The molecule has 174 valence electrons. The van der Waals surface area contributed by atoms with E-state index in [-0.39, 0.29) is 29.4 Å². The molecule has 2 heterocycles. The number of methoxy groups -OCH3 is 2. The van der Waals surface area contributed by atoms with Gasteiger partial charge in [-0.15, -0.1) is 0 Å². The van der Waals surface area contributed by atoms with Crippen LogP contribution in [0, 0.1) is 17.3 Å². The van der Waals surface area contributed by atoms with Crippen molar-refractivity contribution in [3.05, 3.63) is 34.4 Å². The zero-order chi connectivity index (χ0) is 22.6. The number of hydrogen-bond acceptors (Lipinski definition) is 5. The number of ether oxygens (including phenoxy) is 3. The number of hydrogen-bond donors (Lipinski definition) is 0. The number of allylic oxidation sites excluding steroid dienone is 2. The van der Waals surface area contributed by atoms with Crippen LogP contribution in [0.1, 0.15) is 70.0 Å². The van der Waals surface area contributed by atoms with E-state index in [0.717, 1.165) is 43.9 Å². The summed E-state index contributed by atoms with van der Waals surface area (Å²) in [5.74, 6) is 1.86. The van der Waals surface area contributed by atoms with Gasteiger partial charge in [0.25, 0.3) is 0 Å². The van der Waals surface area contributed by atoms with Crippen molar-refractivity contribution in [1.29, 1.82) is 0 Å². The maximum absolute atomic E-state index is 13.0. The SMILES string of the molecule is COc1cc2c(cc1OC)[C@H](C)N(C[C@@H]1C(=O)O[C@@H]3C[C@@]4(C)CCCC(C)=C4C[C@@H]13)CC2. The van der Waals surface area contributed by atoms with Crippen LogP contribution in [0.5, 0.6) is 11.5 Å². The molecule has 5 atom stereocenters. The predicted octanol–water partition coefficient (Wildman–Crippen LogP) is 5.08. The Morgan fingerprint density at radius 1 is 1.19 bits per heavy atom. The molecule has 2 aliphatic heterocycles. The van der Waals surface area contributed by atoms with E-state index < -0.39 is 0 Å². The molecule has 0 spiro atoms. The Bertz CT molecular complexity index is 953. The normalized spacial score (nSPS) is 34.5. The van der Waals surface area contributed by atoms with Crippen molar-refractivity contribution in [2.75, 3.05) is 27.3 Å². The Balaban J connectivity index is 1.37. The van der Waals surface area contributed by atoms with Crippen LogP contribution in [0.3, 0.4) is 0 Å². The van der Waals surface area contributed by atoms with Gasteiger partial charge in [0.15, 0.2) is 11.5 Å². The van der Waals surface area contributed by atoms with E-state index in [1.54, 1.807) is 25.4 Å². The average Bonchev–Trinajstić information content (AvgIpc) is 3.06. The molecule has 0 unspecified atom stereocenters. The van der Waals surface area contributed by atoms with E-state index in [9.17, 15) is 4.79 Å². The van der Waals surface area contributed by atoms with E-state index in [2.05, 4.69) is 37.8 Å². The van der Waals surface area contributed by atoms with Gasteiger partial charge in [-0.05, 0) is 81.0 Å². The lowest BCUT2D eigenvalue weighted by Gasteiger charge is -2.46. The highest BCUT2D eigenvalue weighted by atomic mass is 16.6. The molecule has 32 heavy (non-hydrogen) atoms. The number of fused-ring (bicyclic) bond motifs is 3. The Kier molecular flexibility index (Phi) is 5.51. The first-order valence-electron chi connectivity index (χ1n) is 12.2. The first-order chi connectivity index (χ1) is 15.3. The van der Waals surface area contributed by atoms with E-state index in [0.29, 0.717) is 5.92 Å². The third-order valence-corrected chi connectivity index (χ3v) is 8.92. The Labute approximate surface area is 192 Å². The highest BCUT2D eigenvalue weighted by Crippen LogP contribution is 2.55. The standard InChI is InChI=1S/C27H37NO4/c1-16-7-6-9-27(3)14-25-20(12-22(16)27)21(26(29)32-25)15-28-10-8-18-11-23(30-4)24(31-5)13-19(18)17(28)2/h11,13,17,20-21,25H,6-10,12,14-15H2,1-5H3/t17-,20-,21-,25+,27+/m0/s1. The van der Waals surface area contributed by atoms with Gasteiger partial charge in [0.05, 0.1) is 20.1 Å². The summed E-state index contributed by atoms with van der Waals surface area (Å²) in [6, 6.07) is 4.46. The molecule has 0 amide bonds. The fourth-order valence-electron chi connectivity index (χ4n) is 7.02. The second kappa shape index (κ2) is 8.09. The number of esters is 1. The molecule has 2 fully saturated rings. The molecular weight excluding hydrogens is 402 g/mol. The van der Waals surface area contributed by atoms with E-state index in [1.807, 2.05) is 0 Å². The van der Waals surface area contributed by atoms with Crippen molar-refractivity contribution in [3.8, 4) is 11.5 Å². The minimum Gasteiger partial charge on any atom is -0.493 e. The average molecular weight is 440 g/mol. The molecule has 1 aromatic rings. The summed E-state index contributed by atoms with van der Waals surface area (Å²) in [6.07, 6.45) is 6.79. The molecule has 1 saturated carbocycles. The zero-order valence-corrected chi connectivity index (χ0v) is 20.2. The van der Waals surface area contributed by atoms with E-state index in [4.69, 9.17) is 14.2 Å². The lowest BCUT2D eigenvalue weighted by Crippen LogP contribution is -2.43. The Morgan fingerprint density at radius 3 is 2.69 bits per heavy atom. The van der Waals surface area contributed by atoms with Crippen LogP contribution in [0.15, 0.2) is 23.3 Å². The number of carbonyl (C=O) groups excluding carboxylic acids is 1. The number of carbonyl (C=O) groups is 1. The predicted molar refractivity (Wildman–Crippen MR) is 124 cm³/mol.